The minimum Gasteiger partial charge on any atom is -0.545 e. The highest BCUT2D eigenvalue weighted by Crippen LogP contribution is 2.12. The molecule has 0 fully saturated rings. The minimum absolute atomic E-state index is 0.317. The molecule has 0 atom stereocenters. The van der Waals surface area contributed by atoms with Crippen molar-refractivity contribution in [1.29, 1.82) is 0 Å². The fourth-order valence-corrected chi connectivity index (χ4v) is 1.11. The van der Waals surface area contributed by atoms with Gasteiger partial charge in [-0.2, -0.15) is 0 Å². The van der Waals surface area contributed by atoms with E-state index in [9.17, 15) is 19.8 Å². The minimum atomic E-state index is -1.51. The number of carboxylic acids is 2. The second kappa shape index (κ2) is 3.26. The Balaban J connectivity index is 3.43. The zero-order valence-corrected chi connectivity index (χ0v) is 6.87. The molecule has 0 spiro atoms. The van der Waals surface area contributed by atoms with Gasteiger partial charge in [-0.1, -0.05) is 18.2 Å². The number of aryl methyl sites for hydroxylation is 1. The largest absolute Gasteiger partial charge is 0.545 e. The van der Waals surface area contributed by atoms with Crippen molar-refractivity contribution in [2.45, 2.75) is 6.92 Å². The van der Waals surface area contributed by atoms with E-state index in [1.54, 1.807) is 0 Å². The zero-order chi connectivity index (χ0) is 10.0. The van der Waals surface area contributed by atoms with Gasteiger partial charge >= 0.3 is 0 Å². The molecule has 0 amide bonds. The molecule has 13 heavy (non-hydrogen) atoms. The maximum atomic E-state index is 10.5. The molecule has 68 valence electrons. The lowest BCUT2D eigenvalue weighted by molar-refractivity contribution is -0.259. The van der Waals surface area contributed by atoms with E-state index in [0.717, 1.165) is 0 Å². The molecular formula is C9H6O4-2. The standard InChI is InChI=1S/C9H8O4/c1-5-3-2-4-6(8(10)11)7(5)9(12)13/h2-4H,1H3,(H,10,11)(H,12,13)/p-2. The summed E-state index contributed by atoms with van der Waals surface area (Å²) in [6, 6.07) is 4.12. The Morgan fingerprint density at radius 3 is 2.15 bits per heavy atom. The summed E-state index contributed by atoms with van der Waals surface area (Å²) in [4.78, 5) is 21.0. The van der Waals surface area contributed by atoms with Gasteiger partial charge in [0.05, 0.1) is 11.9 Å². The summed E-state index contributed by atoms with van der Waals surface area (Å²) in [6.07, 6.45) is 0. The highest BCUT2D eigenvalue weighted by molar-refractivity contribution is 6.01. The Bertz CT molecular complexity index is 368. The molecule has 1 aromatic carbocycles. The average Bonchev–Trinajstić information content (AvgIpc) is 2.02. The molecule has 0 aliphatic carbocycles. The quantitative estimate of drug-likeness (QED) is 0.565. The predicted octanol–water partition coefficient (Wildman–Crippen LogP) is -1.28. The summed E-state index contributed by atoms with van der Waals surface area (Å²) >= 11 is 0. The fraction of sp³-hybridized carbons (Fsp3) is 0.111. The van der Waals surface area contributed by atoms with Crippen molar-refractivity contribution in [3.8, 4) is 0 Å². The second-order valence-electron chi connectivity index (χ2n) is 2.57. The SMILES string of the molecule is Cc1cccc(C(=O)[O-])c1C(=O)[O-]. The maximum absolute atomic E-state index is 10.5. The van der Waals surface area contributed by atoms with E-state index in [0.29, 0.717) is 5.56 Å². The van der Waals surface area contributed by atoms with Crippen molar-refractivity contribution in [3.63, 3.8) is 0 Å². The molecule has 4 nitrogen and oxygen atoms in total. The van der Waals surface area contributed by atoms with Crippen molar-refractivity contribution < 1.29 is 19.8 Å². The van der Waals surface area contributed by atoms with Crippen LogP contribution in [0.5, 0.6) is 0 Å². The summed E-state index contributed by atoms with van der Waals surface area (Å²) in [5.41, 5.74) is -0.316. The van der Waals surface area contributed by atoms with Gasteiger partial charge in [-0.25, -0.2) is 0 Å². The van der Waals surface area contributed by atoms with Gasteiger partial charge in [-0.15, -0.1) is 0 Å². The van der Waals surface area contributed by atoms with Crippen LogP contribution in [0.15, 0.2) is 18.2 Å². The van der Waals surface area contributed by atoms with Crippen LogP contribution in [-0.4, -0.2) is 11.9 Å². The molecular weight excluding hydrogens is 172 g/mol. The Kier molecular flexibility index (Phi) is 2.32. The van der Waals surface area contributed by atoms with Gasteiger partial charge in [0, 0.05) is 11.1 Å². The molecule has 0 aromatic heterocycles. The van der Waals surface area contributed by atoms with Crippen LogP contribution in [0.3, 0.4) is 0 Å². The fourth-order valence-electron chi connectivity index (χ4n) is 1.11. The Labute approximate surface area is 74.4 Å². The van der Waals surface area contributed by atoms with E-state index in [2.05, 4.69) is 0 Å². The Morgan fingerprint density at radius 1 is 1.15 bits per heavy atom. The van der Waals surface area contributed by atoms with Crippen LogP contribution in [-0.2, 0) is 0 Å². The first kappa shape index (κ1) is 9.25. The molecule has 0 aliphatic heterocycles. The molecule has 1 aromatic rings. The summed E-state index contributed by atoms with van der Waals surface area (Å²) in [5, 5.41) is 21.0. The van der Waals surface area contributed by atoms with Crippen LogP contribution in [0.2, 0.25) is 0 Å². The third kappa shape index (κ3) is 1.66. The van der Waals surface area contributed by atoms with Crippen molar-refractivity contribution >= 4 is 11.9 Å². The first-order chi connectivity index (χ1) is 6.04. The van der Waals surface area contributed by atoms with Gasteiger partial charge in [-0.05, 0) is 12.5 Å². The topological polar surface area (TPSA) is 80.3 Å². The smallest absolute Gasteiger partial charge is 0.0724 e. The number of hydrogen-bond acceptors (Lipinski definition) is 4. The molecule has 4 heteroatoms. The van der Waals surface area contributed by atoms with Crippen LogP contribution >= 0.6 is 0 Å². The van der Waals surface area contributed by atoms with E-state index in [1.807, 2.05) is 0 Å². The van der Waals surface area contributed by atoms with Gasteiger partial charge in [0.25, 0.3) is 0 Å². The van der Waals surface area contributed by atoms with Crippen LogP contribution in [0, 0.1) is 6.92 Å². The maximum Gasteiger partial charge on any atom is 0.0724 e. The number of carboxylic acid groups (broad SMARTS) is 2. The highest BCUT2D eigenvalue weighted by atomic mass is 16.4. The van der Waals surface area contributed by atoms with Crippen LogP contribution in [0.1, 0.15) is 26.3 Å². The number of benzene rings is 1. The Morgan fingerprint density at radius 2 is 1.77 bits per heavy atom. The van der Waals surface area contributed by atoms with E-state index in [-0.39, 0.29) is 11.1 Å². The lowest BCUT2D eigenvalue weighted by atomic mass is 10.0. The van der Waals surface area contributed by atoms with Crippen LogP contribution in [0.4, 0.5) is 0 Å². The number of carbonyl (C=O) groups excluding carboxylic acids is 2. The van der Waals surface area contributed by atoms with Crippen LogP contribution in [0.25, 0.3) is 0 Å². The first-order valence-electron chi connectivity index (χ1n) is 3.56. The van der Waals surface area contributed by atoms with E-state index < -0.39 is 11.9 Å². The van der Waals surface area contributed by atoms with E-state index in [1.165, 1.54) is 25.1 Å². The molecule has 0 saturated carbocycles. The summed E-state index contributed by atoms with van der Waals surface area (Å²) in [7, 11) is 0. The molecule has 0 bridgehead atoms. The van der Waals surface area contributed by atoms with Crippen molar-refractivity contribution in [1.82, 2.24) is 0 Å². The van der Waals surface area contributed by atoms with Gasteiger partial charge in [0.2, 0.25) is 0 Å². The first-order valence-corrected chi connectivity index (χ1v) is 3.56. The summed E-state index contributed by atoms with van der Waals surface area (Å²) in [6.45, 7) is 1.50. The summed E-state index contributed by atoms with van der Waals surface area (Å²) < 4.78 is 0. The average molecular weight is 178 g/mol. The van der Waals surface area contributed by atoms with Gasteiger partial charge in [-0.3, -0.25) is 0 Å². The molecule has 1 rings (SSSR count). The molecule has 0 N–H and O–H groups in total. The van der Waals surface area contributed by atoms with Crippen molar-refractivity contribution in [2.24, 2.45) is 0 Å². The molecule has 0 unspecified atom stereocenters. The van der Waals surface area contributed by atoms with Gasteiger partial charge < -0.3 is 19.8 Å². The Hall–Kier alpha value is -1.84. The highest BCUT2D eigenvalue weighted by Gasteiger charge is 2.06. The zero-order valence-electron chi connectivity index (χ0n) is 6.87. The molecule has 0 aliphatic rings. The normalized spacial score (nSPS) is 9.62. The lowest BCUT2D eigenvalue weighted by Gasteiger charge is -2.13. The van der Waals surface area contributed by atoms with E-state index in [4.69, 9.17) is 0 Å². The van der Waals surface area contributed by atoms with E-state index >= 15 is 0 Å². The monoisotopic (exact) mass is 178 g/mol. The molecule has 0 heterocycles. The third-order valence-electron chi connectivity index (χ3n) is 1.70. The van der Waals surface area contributed by atoms with Crippen molar-refractivity contribution in [2.75, 3.05) is 0 Å². The van der Waals surface area contributed by atoms with Crippen LogP contribution < -0.4 is 10.2 Å². The number of hydrogen-bond donors (Lipinski definition) is 0. The molecule has 0 saturated heterocycles. The predicted molar refractivity (Wildman–Crippen MR) is 39.8 cm³/mol. The molecule has 0 radical (unpaired) electrons. The number of aromatic carboxylic acids is 2. The van der Waals surface area contributed by atoms with Crippen molar-refractivity contribution in [3.05, 3.63) is 34.9 Å². The summed E-state index contributed by atoms with van der Waals surface area (Å²) in [5.74, 6) is -3.01. The third-order valence-corrected chi connectivity index (χ3v) is 1.70. The number of rotatable bonds is 2. The van der Waals surface area contributed by atoms with Gasteiger partial charge in [0.15, 0.2) is 0 Å². The second-order valence-corrected chi connectivity index (χ2v) is 2.57. The lowest BCUT2D eigenvalue weighted by Crippen LogP contribution is -2.30. The number of carbonyl (C=O) groups is 2. The van der Waals surface area contributed by atoms with Gasteiger partial charge in [0.1, 0.15) is 0 Å².